The number of para-hydroxylation sites is 1. The molecule has 4 aromatic rings. The summed E-state index contributed by atoms with van der Waals surface area (Å²) in [6.07, 6.45) is -0.768. The summed E-state index contributed by atoms with van der Waals surface area (Å²) >= 11 is 0. The molecule has 0 radical (unpaired) electrons. The first-order chi connectivity index (χ1) is 14.5. The van der Waals surface area contributed by atoms with Crippen LogP contribution in [0.5, 0.6) is 0 Å². The zero-order valence-corrected chi connectivity index (χ0v) is 15.9. The third kappa shape index (κ3) is 2.85. The number of fused-ring (bicyclic) bond motifs is 2. The normalized spacial score (nSPS) is 15.1. The van der Waals surface area contributed by atoms with E-state index in [1.807, 2.05) is 12.1 Å². The Hall–Kier alpha value is -3.93. The topological polar surface area (TPSA) is 68.5 Å². The van der Waals surface area contributed by atoms with Crippen LogP contribution in [0.15, 0.2) is 71.1 Å². The zero-order chi connectivity index (χ0) is 20.8. The van der Waals surface area contributed by atoms with Crippen LogP contribution in [0, 0.1) is 12.7 Å². The van der Waals surface area contributed by atoms with Gasteiger partial charge in [-0.15, -0.1) is 0 Å². The minimum Gasteiger partial charge on any atom is -0.450 e. The molecule has 1 unspecified atom stereocenters. The number of hydrogen-bond acceptors (Lipinski definition) is 5. The smallest absolute Gasteiger partial charge is 0.340 e. The Morgan fingerprint density at radius 2 is 1.80 bits per heavy atom. The van der Waals surface area contributed by atoms with Gasteiger partial charge in [0.15, 0.2) is 5.76 Å². The number of rotatable bonds is 4. The molecule has 1 aromatic heterocycles. The van der Waals surface area contributed by atoms with Crippen molar-refractivity contribution in [2.75, 3.05) is 5.32 Å². The maximum absolute atomic E-state index is 14.0. The van der Waals surface area contributed by atoms with E-state index >= 15 is 0 Å². The fraction of sp³-hybridized carbons (Fsp3) is 0.0833. The number of aryl methyl sites for hydroxylation is 1. The third-order valence-corrected chi connectivity index (χ3v) is 5.20. The van der Waals surface area contributed by atoms with Crippen molar-refractivity contribution in [3.8, 4) is 0 Å². The molecule has 0 fully saturated rings. The van der Waals surface area contributed by atoms with Crippen molar-refractivity contribution < 1.29 is 23.1 Å². The van der Waals surface area contributed by atoms with Crippen LogP contribution in [0.4, 0.5) is 10.1 Å². The first-order valence-corrected chi connectivity index (χ1v) is 9.42. The monoisotopic (exact) mass is 401 g/mol. The van der Waals surface area contributed by atoms with Crippen LogP contribution in [0.2, 0.25) is 0 Å². The molecule has 2 heterocycles. The number of benzene rings is 3. The third-order valence-electron chi connectivity index (χ3n) is 5.20. The van der Waals surface area contributed by atoms with Crippen molar-refractivity contribution >= 4 is 28.4 Å². The van der Waals surface area contributed by atoms with E-state index in [2.05, 4.69) is 5.32 Å². The number of esters is 1. The number of anilines is 1. The number of hydrogen-bond donors (Lipinski definition) is 1. The van der Waals surface area contributed by atoms with Crippen molar-refractivity contribution in [3.63, 3.8) is 0 Å². The molecular formula is C24H16FNO4. The molecule has 0 amide bonds. The van der Waals surface area contributed by atoms with Gasteiger partial charge in [0.25, 0.3) is 0 Å². The summed E-state index contributed by atoms with van der Waals surface area (Å²) in [7, 11) is 0. The molecule has 5 rings (SSSR count). The minimum atomic E-state index is -0.768. The number of carbonyl (C=O) groups excluding carboxylic acids is 2. The number of ketones is 1. The summed E-state index contributed by atoms with van der Waals surface area (Å²) in [5, 5.41) is 3.81. The van der Waals surface area contributed by atoms with Gasteiger partial charge in [-0.1, -0.05) is 42.5 Å². The van der Waals surface area contributed by atoms with E-state index in [0.717, 1.165) is 0 Å². The Morgan fingerprint density at radius 3 is 2.63 bits per heavy atom. The molecule has 0 aliphatic carbocycles. The molecule has 3 aromatic carbocycles. The number of carbonyl (C=O) groups is 2. The van der Waals surface area contributed by atoms with Gasteiger partial charge in [0, 0.05) is 16.5 Å². The number of cyclic esters (lactones) is 1. The molecule has 5 nitrogen and oxygen atoms in total. The van der Waals surface area contributed by atoms with Crippen LogP contribution in [-0.2, 0) is 4.74 Å². The van der Waals surface area contributed by atoms with Gasteiger partial charge in [-0.25, -0.2) is 9.18 Å². The highest BCUT2D eigenvalue weighted by atomic mass is 19.1. The maximum atomic E-state index is 14.0. The lowest BCUT2D eigenvalue weighted by molar-refractivity contribution is 0.0437. The lowest BCUT2D eigenvalue weighted by atomic mass is 10.0. The Kier molecular flexibility index (Phi) is 4.13. The summed E-state index contributed by atoms with van der Waals surface area (Å²) in [5.41, 5.74) is 2.65. The van der Waals surface area contributed by atoms with Crippen molar-refractivity contribution in [1.29, 1.82) is 0 Å². The van der Waals surface area contributed by atoms with E-state index in [-0.39, 0.29) is 11.3 Å². The molecular weight excluding hydrogens is 385 g/mol. The molecule has 0 spiro atoms. The average molecular weight is 401 g/mol. The van der Waals surface area contributed by atoms with Crippen molar-refractivity contribution in [2.45, 2.75) is 13.2 Å². The average Bonchev–Trinajstić information content (AvgIpc) is 3.28. The van der Waals surface area contributed by atoms with Crippen LogP contribution in [0.3, 0.4) is 0 Å². The van der Waals surface area contributed by atoms with Gasteiger partial charge >= 0.3 is 5.97 Å². The van der Waals surface area contributed by atoms with Crippen LogP contribution in [0.1, 0.15) is 43.8 Å². The SMILES string of the molecule is Cc1ccc(C(=O)c2oc3ccccc3c2NC2OC(=O)c3ccccc32)cc1F. The Bertz CT molecular complexity index is 1320. The minimum absolute atomic E-state index is 0.0277. The molecule has 1 aliphatic rings. The zero-order valence-electron chi connectivity index (χ0n) is 15.9. The Morgan fingerprint density at radius 1 is 1.03 bits per heavy atom. The highest BCUT2D eigenvalue weighted by Gasteiger charge is 2.33. The van der Waals surface area contributed by atoms with E-state index in [1.54, 1.807) is 55.5 Å². The van der Waals surface area contributed by atoms with Crippen molar-refractivity contribution in [1.82, 2.24) is 0 Å². The fourth-order valence-electron chi connectivity index (χ4n) is 3.60. The fourth-order valence-corrected chi connectivity index (χ4v) is 3.60. The Labute approximate surface area is 171 Å². The van der Waals surface area contributed by atoms with Gasteiger partial charge in [0.05, 0.1) is 11.3 Å². The lowest BCUT2D eigenvalue weighted by Crippen LogP contribution is -2.13. The van der Waals surface area contributed by atoms with Crippen LogP contribution in [-0.4, -0.2) is 11.8 Å². The number of halogens is 1. The summed E-state index contributed by atoms with van der Waals surface area (Å²) in [6, 6.07) is 18.5. The largest absolute Gasteiger partial charge is 0.450 e. The van der Waals surface area contributed by atoms with Crippen LogP contribution in [0.25, 0.3) is 11.0 Å². The summed E-state index contributed by atoms with van der Waals surface area (Å²) in [4.78, 5) is 25.4. The molecule has 6 heteroatoms. The van der Waals surface area contributed by atoms with E-state index in [0.29, 0.717) is 33.3 Å². The lowest BCUT2D eigenvalue weighted by Gasteiger charge is -2.14. The van der Waals surface area contributed by atoms with Crippen LogP contribution < -0.4 is 5.32 Å². The first kappa shape index (κ1) is 18.1. The summed E-state index contributed by atoms with van der Waals surface area (Å²) in [6.45, 7) is 1.63. The molecule has 0 saturated carbocycles. The van der Waals surface area contributed by atoms with E-state index < -0.39 is 23.8 Å². The standard InChI is InChI=1S/C24H16FNO4/c1-13-10-11-14(12-18(13)25)21(27)22-20(17-8-4-5-9-19(17)29-22)26-23-15-6-2-3-7-16(15)24(28)30-23/h2-12,23,26H,1H3. The van der Waals surface area contributed by atoms with Gasteiger partial charge in [-0.3, -0.25) is 4.79 Å². The molecule has 0 bridgehead atoms. The predicted octanol–water partition coefficient (Wildman–Crippen LogP) is 5.39. The summed E-state index contributed by atoms with van der Waals surface area (Å²) in [5.74, 6) is -1.35. The highest BCUT2D eigenvalue weighted by Crippen LogP contribution is 2.38. The second kappa shape index (κ2) is 6.84. The second-order valence-electron chi connectivity index (χ2n) is 7.11. The molecule has 1 N–H and O–H groups in total. The second-order valence-corrected chi connectivity index (χ2v) is 7.11. The quantitative estimate of drug-likeness (QED) is 0.367. The molecule has 1 aliphatic heterocycles. The predicted molar refractivity (Wildman–Crippen MR) is 109 cm³/mol. The summed E-state index contributed by atoms with van der Waals surface area (Å²) < 4.78 is 25.3. The van der Waals surface area contributed by atoms with Crippen LogP contribution >= 0.6 is 0 Å². The maximum Gasteiger partial charge on any atom is 0.340 e. The number of furan rings is 1. The van der Waals surface area contributed by atoms with Gasteiger partial charge in [-0.2, -0.15) is 0 Å². The molecule has 1 atom stereocenters. The number of ether oxygens (including phenoxy) is 1. The van der Waals surface area contributed by atoms with Gasteiger partial charge < -0.3 is 14.5 Å². The molecule has 148 valence electrons. The number of nitrogens with one attached hydrogen (secondary N) is 1. The van der Waals surface area contributed by atoms with E-state index in [1.165, 1.54) is 6.07 Å². The van der Waals surface area contributed by atoms with E-state index in [9.17, 15) is 14.0 Å². The highest BCUT2D eigenvalue weighted by molar-refractivity contribution is 6.15. The van der Waals surface area contributed by atoms with Crippen molar-refractivity contribution in [2.24, 2.45) is 0 Å². The Balaban J connectivity index is 1.61. The van der Waals surface area contributed by atoms with Gasteiger partial charge in [-0.05, 0) is 36.8 Å². The van der Waals surface area contributed by atoms with Gasteiger partial charge in [0.1, 0.15) is 11.4 Å². The molecule has 30 heavy (non-hydrogen) atoms. The molecule has 0 saturated heterocycles. The first-order valence-electron chi connectivity index (χ1n) is 9.42. The van der Waals surface area contributed by atoms with Crippen molar-refractivity contribution in [3.05, 3.63) is 101 Å². The van der Waals surface area contributed by atoms with Gasteiger partial charge in [0.2, 0.25) is 12.0 Å². The van der Waals surface area contributed by atoms with E-state index in [4.69, 9.17) is 9.15 Å².